The predicted octanol–water partition coefficient (Wildman–Crippen LogP) is 11.7. The molecule has 48 heavy (non-hydrogen) atoms. The first-order valence-electron chi connectivity index (χ1n) is 17.2. The van der Waals surface area contributed by atoms with E-state index in [1.807, 2.05) is 0 Å². The molecule has 6 aromatic carbocycles. The molecule has 0 amide bonds. The number of anilines is 1. The molecule has 0 unspecified atom stereocenters. The van der Waals surface area contributed by atoms with Gasteiger partial charge in [-0.1, -0.05) is 96.6 Å². The van der Waals surface area contributed by atoms with Crippen molar-refractivity contribution in [2.45, 2.75) is 32.6 Å². The van der Waals surface area contributed by atoms with E-state index in [9.17, 15) is 0 Å². The lowest BCUT2D eigenvalue weighted by Crippen LogP contribution is -2.16. The van der Waals surface area contributed by atoms with Gasteiger partial charge in [0.05, 0.1) is 11.0 Å². The summed E-state index contributed by atoms with van der Waals surface area (Å²) in [4.78, 5) is 2.33. The van der Waals surface area contributed by atoms with E-state index >= 15 is 0 Å². The molecule has 0 aliphatic heterocycles. The first-order chi connectivity index (χ1) is 23.6. The Morgan fingerprint density at radius 3 is 1.77 bits per heavy atom. The van der Waals surface area contributed by atoms with Crippen LogP contribution in [-0.2, 0) is 12.8 Å². The Kier molecular flexibility index (Phi) is 6.90. The van der Waals surface area contributed by atoms with Gasteiger partial charge in [-0.25, -0.2) is 0 Å². The summed E-state index contributed by atoms with van der Waals surface area (Å²) in [5, 5.41) is 2.53. The van der Waals surface area contributed by atoms with Gasteiger partial charge in [-0.2, -0.15) is 0 Å². The number of aryl methyl sites for hydroxylation is 3. The minimum Gasteiger partial charge on any atom is -0.345 e. The van der Waals surface area contributed by atoms with Crippen LogP contribution in [0, 0.1) is 6.92 Å². The van der Waals surface area contributed by atoms with E-state index in [2.05, 4.69) is 169 Å². The van der Waals surface area contributed by atoms with Crippen LogP contribution in [0.1, 0.15) is 35.1 Å². The maximum absolute atomic E-state index is 2.42. The number of benzene rings is 6. The molecule has 2 heteroatoms. The van der Waals surface area contributed by atoms with E-state index in [1.165, 1.54) is 102 Å². The van der Waals surface area contributed by atoms with Gasteiger partial charge >= 0.3 is 0 Å². The number of fused-ring (bicyclic) bond motifs is 4. The molecule has 0 saturated heterocycles. The van der Waals surface area contributed by atoms with Crippen molar-refractivity contribution in [1.82, 2.24) is 4.57 Å². The molecule has 232 valence electrons. The van der Waals surface area contributed by atoms with Crippen LogP contribution in [0.4, 0.5) is 5.69 Å². The second kappa shape index (κ2) is 11.6. The van der Waals surface area contributed by atoms with Crippen LogP contribution in [-0.4, -0.2) is 11.6 Å². The monoisotopic (exact) mass is 618 g/mol. The fourth-order valence-corrected chi connectivity index (χ4v) is 7.55. The highest BCUT2D eigenvalue weighted by atomic mass is 15.1. The molecule has 2 aliphatic rings. The number of likely N-dealkylation sites (N-methyl/N-ethyl adjacent to an activating group) is 1. The first-order valence-corrected chi connectivity index (χ1v) is 17.2. The topological polar surface area (TPSA) is 8.17 Å². The third-order valence-electron chi connectivity index (χ3n) is 10.5. The molecular formula is C46H38N2. The lowest BCUT2D eigenvalue weighted by molar-refractivity contribution is 0.837. The molecular weight excluding hydrogens is 581 g/mol. The van der Waals surface area contributed by atoms with Crippen LogP contribution in [0.2, 0.25) is 0 Å². The van der Waals surface area contributed by atoms with Crippen molar-refractivity contribution in [2.75, 3.05) is 11.9 Å². The SMILES string of the molecule is Cc1ccc(-c2ccc3c(c2)c2cc(-c4ccc(N(C)C5=CCCC(c6ccc7c(c6)CC7)=C5)cc4)ccc2n3-c2ccccc2)cc1. The van der Waals surface area contributed by atoms with Crippen molar-refractivity contribution < 1.29 is 0 Å². The summed E-state index contributed by atoms with van der Waals surface area (Å²) in [7, 11) is 2.19. The van der Waals surface area contributed by atoms with Gasteiger partial charge in [0.25, 0.3) is 0 Å². The van der Waals surface area contributed by atoms with Crippen LogP contribution in [0.5, 0.6) is 0 Å². The van der Waals surface area contributed by atoms with Crippen molar-refractivity contribution in [3.8, 4) is 27.9 Å². The van der Waals surface area contributed by atoms with Gasteiger partial charge in [-0.15, -0.1) is 0 Å². The molecule has 0 saturated carbocycles. The van der Waals surface area contributed by atoms with Gasteiger partial charge in [-0.05, 0) is 132 Å². The van der Waals surface area contributed by atoms with E-state index in [-0.39, 0.29) is 0 Å². The number of rotatable bonds is 6. The Bertz CT molecular complexity index is 2390. The van der Waals surface area contributed by atoms with Gasteiger partial charge in [0.1, 0.15) is 0 Å². The lowest BCUT2D eigenvalue weighted by Gasteiger charge is -2.26. The molecule has 0 atom stereocenters. The first kappa shape index (κ1) is 28.6. The number of hydrogen-bond donors (Lipinski definition) is 0. The molecule has 0 fully saturated rings. The molecule has 1 heterocycles. The minimum absolute atomic E-state index is 1.07. The standard InChI is InChI=1S/C46H38N2/c1-31-11-13-32(14-12-31)38-21-25-45-43(29-38)44-30-39(22-26-46(44)48(45)41-8-4-3-5-9-41)34-19-23-40(24-20-34)47(2)42-10-6-7-35(28-42)37-18-16-33-15-17-36(33)27-37/h3-5,8-14,16,18-30H,6-7,15,17H2,1-2H3. The van der Waals surface area contributed by atoms with Crippen LogP contribution in [0.25, 0.3) is 55.3 Å². The Morgan fingerprint density at radius 1 is 0.542 bits per heavy atom. The molecule has 9 rings (SSSR count). The number of aromatic nitrogens is 1. The van der Waals surface area contributed by atoms with Crippen molar-refractivity contribution in [1.29, 1.82) is 0 Å². The van der Waals surface area contributed by atoms with Gasteiger partial charge < -0.3 is 9.47 Å². The Hall–Kier alpha value is -5.60. The summed E-state index contributed by atoms with van der Waals surface area (Å²) in [6.07, 6.45) is 9.40. The molecule has 0 N–H and O–H groups in total. The number of nitrogens with zero attached hydrogens (tertiary/aromatic N) is 2. The number of hydrogen-bond acceptors (Lipinski definition) is 1. The number of allylic oxidation sites excluding steroid dienone is 3. The minimum atomic E-state index is 1.07. The van der Waals surface area contributed by atoms with Gasteiger partial charge in [-0.3, -0.25) is 0 Å². The van der Waals surface area contributed by atoms with Crippen molar-refractivity contribution in [3.63, 3.8) is 0 Å². The van der Waals surface area contributed by atoms with Crippen LogP contribution in [0.3, 0.4) is 0 Å². The summed E-state index contributed by atoms with van der Waals surface area (Å²) in [6, 6.07) is 49.5. The van der Waals surface area contributed by atoms with E-state index < -0.39 is 0 Å². The molecule has 2 nitrogen and oxygen atoms in total. The Labute approximate surface area is 282 Å². The Morgan fingerprint density at radius 2 is 1.15 bits per heavy atom. The smallest absolute Gasteiger partial charge is 0.0541 e. The molecule has 0 bridgehead atoms. The average molecular weight is 619 g/mol. The van der Waals surface area contributed by atoms with Crippen molar-refractivity contribution in [3.05, 3.63) is 174 Å². The van der Waals surface area contributed by atoms with Crippen LogP contribution < -0.4 is 4.90 Å². The summed E-state index contributed by atoms with van der Waals surface area (Å²) in [6.45, 7) is 2.14. The van der Waals surface area contributed by atoms with Gasteiger partial charge in [0.2, 0.25) is 0 Å². The maximum atomic E-state index is 2.42. The zero-order valence-electron chi connectivity index (χ0n) is 27.6. The largest absolute Gasteiger partial charge is 0.345 e. The van der Waals surface area contributed by atoms with Gasteiger partial charge in [0.15, 0.2) is 0 Å². The molecule has 0 radical (unpaired) electrons. The Balaban J connectivity index is 1.07. The predicted molar refractivity (Wildman–Crippen MR) is 204 cm³/mol. The molecule has 2 aliphatic carbocycles. The zero-order valence-corrected chi connectivity index (χ0v) is 27.6. The fraction of sp³-hybridized carbons (Fsp3) is 0.130. The normalized spacial score (nSPS) is 14.0. The fourth-order valence-electron chi connectivity index (χ4n) is 7.55. The van der Waals surface area contributed by atoms with Crippen molar-refractivity contribution in [2.24, 2.45) is 0 Å². The second-order valence-corrected chi connectivity index (χ2v) is 13.4. The van der Waals surface area contributed by atoms with E-state index in [0.29, 0.717) is 0 Å². The summed E-state index contributed by atoms with van der Waals surface area (Å²) >= 11 is 0. The van der Waals surface area contributed by atoms with Crippen LogP contribution >= 0.6 is 0 Å². The third kappa shape index (κ3) is 4.96. The van der Waals surface area contributed by atoms with Crippen LogP contribution in [0.15, 0.2) is 151 Å². The summed E-state index contributed by atoms with van der Waals surface area (Å²) < 4.78 is 2.40. The van der Waals surface area contributed by atoms with Gasteiger partial charge in [0, 0.05) is 34.9 Å². The van der Waals surface area contributed by atoms with E-state index in [0.717, 1.165) is 12.8 Å². The zero-order chi connectivity index (χ0) is 32.2. The third-order valence-corrected chi connectivity index (χ3v) is 10.5. The highest BCUT2D eigenvalue weighted by Crippen LogP contribution is 2.38. The van der Waals surface area contributed by atoms with E-state index in [1.54, 1.807) is 0 Å². The number of para-hydroxylation sites is 1. The maximum Gasteiger partial charge on any atom is 0.0541 e. The van der Waals surface area contributed by atoms with Crippen molar-refractivity contribution >= 4 is 33.1 Å². The lowest BCUT2D eigenvalue weighted by atomic mass is 9.84. The molecule has 0 spiro atoms. The average Bonchev–Trinajstić information content (AvgIpc) is 3.45. The summed E-state index contributed by atoms with van der Waals surface area (Å²) in [5.41, 5.74) is 18.2. The van der Waals surface area contributed by atoms with E-state index in [4.69, 9.17) is 0 Å². The second-order valence-electron chi connectivity index (χ2n) is 13.4. The summed E-state index contributed by atoms with van der Waals surface area (Å²) in [5.74, 6) is 0. The highest BCUT2D eigenvalue weighted by molar-refractivity contribution is 6.11. The molecule has 1 aromatic heterocycles. The quantitative estimate of drug-likeness (QED) is 0.180. The highest BCUT2D eigenvalue weighted by Gasteiger charge is 2.18. The molecule has 7 aromatic rings.